The van der Waals surface area contributed by atoms with E-state index < -0.39 is 17.1 Å². The first-order chi connectivity index (χ1) is 9.02. The normalized spacial score (nSPS) is 28.1. The van der Waals surface area contributed by atoms with Crippen LogP contribution in [0.1, 0.15) is 12.8 Å². The summed E-state index contributed by atoms with van der Waals surface area (Å²) in [5, 5.41) is 3.24. The van der Waals surface area contributed by atoms with Crippen LogP contribution in [0, 0.1) is 0 Å². The van der Waals surface area contributed by atoms with Crippen molar-refractivity contribution in [1.29, 1.82) is 0 Å². The van der Waals surface area contributed by atoms with E-state index in [4.69, 9.17) is 0 Å². The van der Waals surface area contributed by atoms with Crippen LogP contribution in [0.5, 0.6) is 11.5 Å². The maximum Gasteiger partial charge on any atom is 0.586 e. The average Bonchev–Trinajstić information content (AvgIpc) is 2.65. The number of ether oxygens (including phenoxy) is 2. The van der Waals surface area contributed by atoms with Crippen molar-refractivity contribution in [2.45, 2.75) is 25.2 Å². The topological polar surface area (TPSA) is 47.6 Å². The molecule has 0 aromatic heterocycles. The average molecular weight is 289 g/mol. The molecule has 3 rings (SSSR count). The van der Waals surface area contributed by atoms with Gasteiger partial charge in [-0.1, -0.05) is 0 Å². The summed E-state index contributed by atoms with van der Waals surface area (Å²) < 4.78 is 45.7. The van der Waals surface area contributed by atoms with Crippen LogP contribution in [0.3, 0.4) is 0 Å². The second-order valence-corrected chi connectivity index (χ2v) is 6.29. The molecule has 4 nitrogen and oxygen atoms in total. The Balaban J connectivity index is 1.69. The molecule has 0 amide bonds. The van der Waals surface area contributed by atoms with Crippen LogP contribution in [0.2, 0.25) is 0 Å². The van der Waals surface area contributed by atoms with E-state index in [1.807, 2.05) is 0 Å². The third-order valence-electron chi connectivity index (χ3n) is 3.16. The molecule has 0 radical (unpaired) electrons. The van der Waals surface area contributed by atoms with E-state index in [2.05, 4.69) is 14.8 Å². The molecular formula is C12H13F2NO3S. The number of hydrogen-bond donors (Lipinski definition) is 1. The number of fused-ring (bicyclic) bond motifs is 1. The number of anilines is 1. The van der Waals surface area contributed by atoms with Crippen molar-refractivity contribution < 1.29 is 22.5 Å². The molecule has 104 valence electrons. The van der Waals surface area contributed by atoms with E-state index in [0.29, 0.717) is 17.2 Å². The minimum Gasteiger partial charge on any atom is -0.395 e. The largest absolute Gasteiger partial charge is 0.586 e. The van der Waals surface area contributed by atoms with Gasteiger partial charge in [0.25, 0.3) is 0 Å². The van der Waals surface area contributed by atoms with Crippen molar-refractivity contribution in [3.8, 4) is 11.5 Å². The fourth-order valence-corrected chi connectivity index (χ4v) is 3.51. The molecule has 1 aromatic rings. The molecule has 19 heavy (non-hydrogen) atoms. The molecule has 0 spiro atoms. The van der Waals surface area contributed by atoms with Crippen LogP contribution in [-0.4, -0.2) is 28.1 Å². The molecule has 1 N–H and O–H groups in total. The van der Waals surface area contributed by atoms with Gasteiger partial charge in [0.05, 0.1) is 0 Å². The molecule has 1 fully saturated rings. The molecule has 2 aliphatic heterocycles. The van der Waals surface area contributed by atoms with Gasteiger partial charge >= 0.3 is 6.29 Å². The predicted octanol–water partition coefficient (Wildman–Crippen LogP) is 2.33. The van der Waals surface area contributed by atoms with Crippen LogP contribution in [0.15, 0.2) is 18.2 Å². The number of nitrogens with one attached hydrogen (secondary N) is 1. The van der Waals surface area contributed by atoms with Gasteiger partial charge < -0.3 is 14.8 Å². The van der Waals surface area contributed by atoms with Crippen molar-refractivity contribution in [3.05, 3.63) is 18.2 Å². The fraction of sp³-hybridized carbons (Fsp3) is 0.500. The first-order valence-corrected chi connectivity index (χ1v) is 7.52. The Kier molecular flexibility index (Phi) is 3.08. The predicted molar refractivity (Wildman–Crippen MR) is 67.2 cm³/mol. The quantitative estimate of drug-likeness (QED) is 0.908. The smallest absolute Gasteiger partial charge is 0.395 e. The molecule has 0 bridgehead atoms. The molecule has 0 saturated carbocycles. The molecule has 2 heterocycles. The summed E-state index contributed by atoms with van der Waals surface area (Å²) in [6.07, 6.45) is -1.95. The standard InChI is InChI=1S/C12H13F2NO3S/c13-12(14)17-10-2-1-9(7-11(10)18-12)15-8-3-5-19(16)6-4-8/h1-2,7-8,15H,3-6H2. The fourth-order valence-electron chi connectivity index (χ4n) is 2.21. The van der Waals surface area contributed by atoms with Gasteiger partial charge in [0, 0.05) is 40.1 Å². The summed E-state index contributed by atoms with van der Waals surface area (Å²) in [5.41, 5.74) is 0.706. The Morgan fingerprint density at radius 3 is 2.63 bits per heavy atom. The third-order valence-corrected chi connectivity index (χ3v) is 4.54. The van der Waals surface area contributed by atoms with Gasteiger partial charge in [-0.3, -0.25) is 4.21 Å². The van der Waals surface area contributed by atoms with E-state index in [0.717, 1.165) is 12.8 Å². The number of hydrogen-bond acceptors (Lipinski definition) is 4. The maximum atomic E-state index is 12.9. The summed E-state index contributed by atoms with van der Waals surface area (Å²) in [4.78, 5) is 0. The van der Waals surface area contributed by atoms with Gasteiger partial charge in [0.2, 0.25) is 0 Å². The van der Waals surface area contributed by atoms with Crippen LogP contribution in [0.25, 0.3) is 0 Å². The van der Waals surface area contributed by atoms with Gasteiger partial charge in [-0.25, -0.2) is 0 Å². The highest BCUT2D eigenvalue weighted by Gasteiger charge is 2.43. The lowest BCUT2D eigenvalue weighted by Crippen LogP contribution is -2.29. The molecular weight excluding hydrogens is 276 g/mol. The minimum atomic E-state index is -3.58. The highest BCUT2D eigenvalue weighted by molar-refractivity contribution is 7.85. The molecule has 0 atom stereocenters. The summed E-state index contributed by atoms with van der Waals surface area (Å²) in [6.45, 7) is 0. The van der Waals surface area contributed by atoms with Gasteiger partial charge in [-0.05, 0) is 25.0 Å². The Hall–Kier alpha value is -1.37. The van der Waals surface area contributed by atoms with Crippen LogP contribution >= 0.6 is 0 Å². The number of benzene rings is 1. The van der Waals surface area contributed by atoms with Crippen LogP contribution in [0.4, 0.5) is 14.5 Å². The third kappa shape index (κ3) is 2.80. The molecule has 7 heteroatoms. The van der Waals surface area contributed by atoms with E-state index in [1.54, 1.807) is 6.07 Å². The number of rotatable bonds is 2. The van der Waals surface area contributed by atoms with E-state index in [9.17, 15) is 13.0 Å². The van der Waals surface area contributed by atoms with Crippen molar-refractivity contribution in [1.82, 2.24) is 0 Å². The number of halogens is 2. The zero-order chi connectivity index (χ0) is 13.5. The molecule has 1 saturated heterocycles. The SMILES string of the molecule is O=S1CCC(Nc2ccc3c(c2)OC(F)(F)O3)CC1. The lowest BCUT2D eigenvalue weighted by Gasteiger charge is -2.23. The van der Waals surface area contributed by atoms with E-state index >= 15 is 0 Å². The highest BCUT2D eigenvalue weighted by atomic mass is 32.2. The first-order valence-electron chi connectivity index (χ1n) is 6.03. The zero-order valence-electron chi connectivity index (χ0n) is 10.0. The number of alkyl halides is 2. The monoisotopic (exact) mass is 289 g/mol. The first kappa shape index (κ1) is 12.7. The Morgan fingerprint density at radius 2 is 1.89 bits per heavy atom. The Morgan fingerprint density at radius 1 is 1.21 bits per heavy atom. The zero-order valence-corrected chi connectivity index (χ0v) is 10.8. The Bertz CT molecular complexity index is 514. The van der Waals surface area contributed by atoms with E-state index in [-0.39, 0.29) is 17.5 Å². The highest BCUT2D eigenvalue weighted by Crippen LogP contribution is 2.42. The molecule has 0 aliphatic carbocycles. The summed E-state index contributed by atoms with van der Waals surface area (Å²) >= 11 is 0. The van der Waals surface area contributed by atoms with Gasteiger partial charge in [0.1, 0.15) is 0 Å². The van der Waals surface area contributed by atoms with E-state index in [1.165, 1.54) is 12.1 Å². The minimum absolute atomic E-state index is 0.0365. The summed E-state index contributed by atoms with van der Waals surface area (Å²) in [5.74, 6) is 1.44. The molecule has 2 aliphatic rings. The van der Waals surface area contributed by atoms with Gasteiger partial charge in [-0.2, -0.15) is 0 Å². The second kappa shape index (κ2) is 4.63. The van der Waals surface area contributed by atoms with Crippen molar-refractivity contribution in [3.63, 3.8) is 0 Å². The summed E-state index contributed by atoms with van der Waals surface area (Å²) in [6, 6.07) is 4.86. The lowest BCUT2D eigenvalue weighted by molar-refractivity contribution is -0.286. The Labute approximate surface area is 111 Å². The van der Waals surface area contributed by atoms with Crippen LogP contribution < -0.4 is 14.8 Å². The van der Waals surface area contributed by atoms with Crippen molar-refractivity contribution >= 4 is 16.5 Å². The van der Waals surface area contributed by atoms with Crippen molar-refractivity contribution in [2.24, 2.45) is 0 Å². The van der Waals surface area contributed by atoms with Gasteiger partial charge in [0.15, 0.2) is 11.5 Å². The molecule has 1 aromatic carbocycles. The van der Waals surface area contributed by atoms with Crippen LogP contribution in [-0.2, 0) is 10.8 Å². The second-order valence-electron chi connectivity index (χ2n) is 4.60. The van der Waals surface area contributed by atoms with Crippen molar-refractivity contribution in [2.75, 3.05) is 16.8 Å². The van der Waals surface area contributed by atoms with Gasteiger partial charge in [-0.15, -0.1) is 8.78 Å². The maximum absolute atomic E-state index is 12.9. The summed E-state index contributed by atoms with van der Waals surface area (Å²) in [7, 11) is -0.713. The molecule has 0 unspecified atom stereocenters. The lowest BCUT2D eigenvalue weighted by atomic mass is 10.1.